The number of rotatable bonds is 5. The van der Waals surface area contributed by atoms with Crippen molar-refractivity contribution >= 4 is 0 Å². The van der Waals surface area contributed by atoms with Crippen molar-refractivity contribution in [3.63, 3.8) is 0 Å². The van der Waals surface area contributed by atoms with Crippen molar-refractivity contribution in [2.45, 2.75) is 25.5 Å². The lowest BCUT2D eigenvalue weighted by atomic mass is 10.00. The quantitative estimate of drug-likeness (QED) is 0.775. The van der Waals surface area contributed by atoms with Gasteiger partial charge in [0, 0.05) is 7.11 Å². The normalized spacial score (nSPS) is 15.1. The monoisotopic (exact) mass is 193 g/mol. The Morgan fingerprint density at radius 1 is 1.29 bits per heavy atom. The standard InChI is InChI=1S/C12H19NO/c1-4-11(14-3)12(13-2)10-8-6-5-7-9-10/h5-9,11-13H,4H2,1-3H3. The molecule has 0 saturated heterocycles. The van der Waals surface area contributed by atoms with Gasteiger partial charge >= 0.3 is 0 Å². The van der Waals surface area contributed by atoms with Crippen LogP contribution in [0.2, 0.25) is 0 Å². The minimum atomic E-state index is 0.238. The average Bonchev–Trinajstić information content (AvgIpc) is 2.27. The highest BCUT2D eigenvalue weighted by atomic mass is 16.5. The van der Waals surface area contributed by atoms with Crippen LogP contribution < -0.4 is 5.32 Å². The third-order valence-corrected chi connectivity index (χ3v) is 2.55. The fourth-order valence-corrected chi connectivity index (χ4v) is 1.77. The van der Waals surface area contributed by atoms with Gasteiger partial charge in [0.25, 0.3) is 0 Å². The van der Waals surface area contributed by atoms with Crippen LogP contribution in [0.3, 0.4) is 0 Å². The van der Waals surface area contributed by atoms with Gasteiger partial charge in [-0.25, -0.2) is 0 Å². The molecule has 0 aromatic heterocycles. The van der Waals surface area contributed by atoms with Gasteiger partial charge in [-0.05, 0) is 19.0 Å². The summed E-state index contributed by atoms with van der Waals surface area (Å²) in [5.41, 5.74) is 1.28. The number of hydrogen-bond acceptors (Lipinski definition) is 2. The predicted octanol–water partition coefficient (Wildman–Crippen LogP) is 2.37. The fraction of sp³-hybridized carbons (Fsp3) is 0.500. The van der Waals surface area contributed by atoms with Crippen molar-refractivity contribution in [3.8, 4) is 0 Å². The van der Waals surface area contributed by atoms with E-state index in [0.29, 0.717) is 0 Å². The second kappa shape index (κ2) is 5.78. The van der Waals surface area contributed by atoms with E-state index < -0.39 is 0 Å². The number of nitrogens with one attached hydrogen (secondary N) is 1. The van der Waals surface area contributed by atoms with Crippen molar-refractivity contribution in [2.75, 3.05) is 14.2 Å². The first-order chi connectivity index (χ1) is 6.83. The van der Waals surface area contributed by atoms with Crippen LogP contribution in [0.5, 0.6) is 0 Å². The highest BCUT2D eigenvalue weighted by Gasteiger charge is 2.18. The summed E-state index contributed by atoms with van der Waals surface area (Å²) >= 11 is 0. The lowest BCUT2D eigenvalue weighted by Gasteiger charge is -2.24. The molecule has 0 heterocycles. The second-order valence-corrected chi connectivity index (χ2v) is 3.36. The van der Waals surface area contributed by atoms with Crippen LogP contribution in [0.1, 0.15) is 24.9 Å². The molecule has 2 atom stereocenters. The zero-order valence-electron chi connectivity index (χ0n) is 9.16. The van der Waals surface area contributed by atoms with E-state index in [1.807, 2.05) is 13.1 Å². The Hall–Kier alpha value is -0.860. The van der Waals surface area contributed by atoms with E-state index in [1.165, 1.54) is 5.56 Å². The van der Waals surface area contributed by atoms with Crippen LogP contribution in [-0.4, -0.2) is 20.3 Å². The van der Waals surface area contributed by atoms with E-state index in [1.54, 1.807) is 7.11 Å². The smallest absolute Gasteiger partial charge is 0.0763 e. The maximum Gasteiger partial charge on any atom is 0.0763 e. The topological polar surface area (TPSA) is 21.3 Å². The highest BCUT2D eigenvalue weighted by Crippen LogP contribution is 2.20. The summed E-state index contributed by atoms with van der Waals surface area (Å²) in [5, 5.41) is 3.30. The number of methoxy groups -OCH3 is 1. The van der Waals surface area contributed by atoms with Crippen LogP contribution in [0.15, 0.2) is 30.3 Å². The summed E-state index contributed by atoms with van der Waals surface area (Å²) in [7, 11) is 3.74. The Balaban J connectivity index is 2.81. The summed E-state index contributed by atoms with van der Waals surface area (Å²) in [6.45, 7) is 2.14. The molecule has 1 N–H and O–H groups in total. The molecular weight excluding hydrogens is 174 g/mol. The van der Waals surface area contributed by atoms with Gasteiger partial charge in [0.05, 0.1) is 12.1 Å². The first-order valence-electron chi connectivity index (χ1n) is 5.08. The molecule has 0 fully saturated rings. The molecule has 0 saturated carbocycles. The summed E-state index contributed by atoms with van der Waals surface area (Å²) in [6, 6.07) is 10.7. The van der Waals surface area contributed by atoms with Crippen molar-refractivity contribution in [3.05, 3.63) is 35.9 Å². The van der Waals surface area contributed by atoms with Gasteiger partial charge in [-0.3, -0.25) is 0 Å². The van der Waals surface area contributed by atoms with Gasteiger partial charge in [0.1, 0.15) is 0 Å². The van der Waals surface area contributed by atoms with Gasteiger partial charge in [-0.15, -0.1) is 0 Å². The Morgan fingerprint density at radius 3 is 2.36 bits per heavy atom. The van der Waals surface area contributed by atoms with Gasteiger partial charge < -0.3 is 10.1 Å². The molecule has 78 valence electrons. The minimum absolute atomic E-state index is 0.238. The summed E-state index contributed by atoms with van der Waals surface area (Å²) in [4.78, 5) is 0. The maximum atomic E-state index is 5.44. The molecule has 0 bridgehead atoms. The number of benzene rings is 1. The zero-order chi connectivity index (χ0) is 10.4. The van der Waals surface area contributed by atoms with E-state index in [2.05, 4.69) is 36.5 Å². The molecule has 0 aliphatic heterocycles. The third-order valence-electron chi connectivity index (χ3n) is 2.55. The molecule has 0 aliphatic carbocycles. The van der Waals surface area contributed by atoms with Crippen molar-refractivity contribution in [2.24, 2.45) is 0 Å². The molecule has 0 amide bonds. The van der Waals surface area contributed by atoms with Gasteiger partial charge in [-0.1, -0.05) is 37.3 Å². The van der Waals surface area contributed by atoms with Crippen LogP contribution in [0.4, 0.5) is 0 Å². The molecule has 1 aromatic carbocycles. The predicted molar refractivity (Wildman–Crippen MR) is 59.3 cm³/mol. The lowest BCUT2D eigenvalue weighted by molar-refractivity contribution is 0.0676. The molecule has 0 aliphatic rings. The minimum Gasteiger partial charge on any atom is -0.379 e. The average molecular weight is 193 g/mol. The Bertz CT molecular complexity index is 244. The molecule has 14 heavy (non-hydrogen) atoms. The lowest BCUT2D eigenvalue weighted by Crippen LogP contribution is -2.30. The Morgan fingerprint density at radius 2 is 1.93 bits per heavy atom. The molecule has 2 heteroatoms. The molecule has 2 unspecified atom stereocenters. The van der Waals surface area contributed by atoms with E-state index in [9.17, 15) is 0 Å². The van der Waals surface area contributed by atoms with E-state index in [0.717, 1.165) is 6.42 Å². The van der Waals surface area contributed by atoms with Crippen molar-refractivity contribution < 1.29 is 4.74 Å². The first kappa shape index (κ1) is 11.2. The molecule has 0 radical (unpaired) electrons. The van der Waals surface area contributed by atoms with Crippen LogP contribution in [0, 0.1) is 0 Å². The molecule has 1 rings (SSSR count). The number of likely N-dealkylation sites (N-methyl/N-ethyl adjacent to an activating group) is 1. The molecular formula is C12H19NO. The molecule has 0 spiro atoms. The Labute approximate surface area is 86.3 Å². The number of hydrogen-bond donors (Lipinski definition) is 1. The van der Waals surface area contributed by atoms with Crippen molar-refractivity contribution in [1.82, 2.24) is 5.32 Å². The van der Waals surface area contributed by atoms with E-state index >= 15 is 0 Å². The van der Waals surface area contributed by atoms with E-state index in [4.69, 9.17) is 4.74 Å². The van der Waals surface area contributed by atoms with Gasteiger partial charge in [0.2, 0.25) is 0 Å². The summed E-state index contributed by atoms with van der Waals surface area (Å²) < 4.78 is 5.44. The first-order valence-corrected chi connectivity index (χ1v) is 5.08. The SMILES string of the molecule is CCC(OC)C(NC)c1ccccc1. The largest absolute Gasteiger partial charge is 0.379 e. The van der Waals surface area contributed by atoms with Crippen LogP contribution in [0.25, 0.3) is 0 Å². The van der Waals surface area contributed by atoms with Crippen molar-refractivity contribution in [1.29, 1.82) is 0 Å². The fourth-order valence-electron chi connectivity index (χ4n) is 1.77. The number of ether oxygens (including phenoxy) is 1. The summed E-state index contributed by atoms with van der Waals surface area (Å²) in [5.74, 6) is 0. The van der Waals surface area contributed by atoms with Gasteiger partial charge in [0.15, 0.2) is 0 Å². The summed E-state index contributed by atoms with van der Waals surface area (Å²) in [6.07, 6.45) is 1.25. The molecule has 1 aromatic rings. The van der Waals surface area contributed by atoms with Crippen LogP contribution >= 0.6 is 0 Å². The Kier molecular flexibility index (Phi) is 4.63. The van der Waals surface area contributed by atoms with Gasteiger partial charge in [-0.2, -0.15) is 0 Å². The molecule has 2 nitrogen and oxygen atoms in total. The maximum absolute atomic E-state index is 5.44. The van der Waals surface area contributed by atoms with E-state index in [-0.39, 0.29) is 12.1 Å². The highest BCUT2D eigenvalue weighted by molar-refractivity contribution is 5.19. The zero-order valence-corrected chi connectivity index (χ0v) is 9.16. The van der Waals surface area contributed by atoms with Crippen LogP contribution in [-0.2, 0) is 4.74 Å². The third kappa shape index (κ3) is 2.56. The second-order valence-electron chi connectivity index (χ2n) is 3.36.